The van der Waals surface area contributed by atoms with E-state index in [-0.39, 0.29) is 19.3 Å². The first-order valence-corrected chi connectivity index (χ1v) is 5.38. The number of hydrogen-bond donors (Lipinski definition) is 3. The van der Waals surface area contributed by atoms with Gasteiger partial charge in [-0.15, -0.1) is 0 Å². The predicted octanol–water partition coefficient (Wildman–Crippen LogP) is 1.01. The van der Waals surface area contributed by atoms with E-state index in [2.05, 4.69) is 0 Å². The van der Waals surface area contributed by atoms with Gasteiger partial charge < -0.3 is 15.9 Å². The number of benzene rings is 1. The lowest BCUT2D eigenvalue weighted by Gasteiger charge is -2.24. The van der Waals surface area contributed by atoms with Gasteiger partial charge in [0, 0.05) is 6.04 Å². The van der Waals surface area contributed by atoms with Gasteiger partial charge in [-0.05, 0) is 41.5 Å². The van der Waals surface area contributed by atoms with E-state index in [1.165, 1.54) is 5.56 Å². The Morgan fingerprint density at radius 1 is 1.20 bits per heavy atom. The third-order valence-electron chi connectivity index (χ3n) is 3.16. The van der Waals surface area contributed by atoms with Gasteiger partial charge in [-0.25, -0.2) is 0 Å². The average molecular weight is 207 g/mol. The summed E-state index contributed by atoms with van der Waals surface area (Å²) in [5.41, 5.74) is 10.0. The van der Waals surface area contributed by atoms with Crippen molar-refractivity contribution in [2.75, 3.05) is 0 Å². The number of fused-ring (bicyclic) bond motifs is 1. The number of nitrogens with two attached hydrogens (primary N) is 1. The molecule has 1 aromatic rings. The van der Waals surface area contributed by atoms with Crippen LogP contribution < -0.4 is 5.73 Å². The van der Waals surface area contributed by atoms with Crippen molar-refractivity contribution in [2.24, 2.45) is 5.73 Å². The zero-order valence-corrected chi connectivity index (χ0v) is 8.74. The SMILES string of the molecule is NC1CCCc2cc(CO)c(CO)cc21. The van der Waals surface area contributed by atoms with Crippen LogP contribution in [0.2, 0.25) is 0 Å². The highest BCUT2D eigenvalue weighted by molar-refractivity contribution is 5.41. The summed E-state index contributed by atoms with van der Waals surface area (Å²) in [5.74, 6) is 0. The molecule has 3 heteroatoms. The molecule has 3 nitrogen and oxygen atoms in total. The molecule has 0 saturated carbocycles. The number of hydrogen-bond acceptors (Lipinski definition) is 3. The van der Waals surface area contributed by atoms with Gasteiger partial charge >= 0.3 is 0 Å². The fourth-order valence-electron chi connectivity index (χ4n) is 2.28. The first-order valence-electron chi connectivity index (χ1n) is 5.38. The molecule has 0 aliphatic heterocycles. The Balaban J connectivity index is 2.48. The minimum atomic E-state index is -0.0319. The van der Waals surface area contributed by atoms with Crippen LogP contribution in [-0.2, 0) is 19.6 Å². The summed E-state index contributed by atoms with van der Waals surface area (Å²) in [4.78, 5) is 0. The van der Waals surface area contributed by atoms with Crippen LogP contribution in [0.5, 0.6) is 0 Å². The second-order valence-electron chi connectivity index (χ2n) is 4.13. The molecule has 2 rings (SSSR count). The Hall–Kier alpha value is -0.900. The number of aryl methyl sites for hydroxylation is 1. The zero-order valence-electron chi connectivity index (χ0n) is 8.74. The van der Waals surface area contributed by atoms with Gasteiger partial charge in [0.2, 0.25) is 0 Å². The van der Waals surface area contributed by atoms with Gasteiger partial charge in [-0.1, -0.05) is 12.1 Å². The molecule has 1 unspecified atom stereocenters. The fourth-order valence-corrected chi connectivity index (χ4v) is 2.28. The smallest absolute Gasteiger partial charge is 0.0685 e. The molecular formula is C12H17NO2. The van der Waals surface area contributed by atoms with Gasteiger partial charge in [-0.2, -0.15) is 0 Å². The van der Waals surface area contributed by atoms with Gasteiger partial charge in [0.1, 0.15) is 0 Å². The lowest BCUT2D eigenvalue weighted by molar-refractivity contribution is 0.259. The number of aliphatic hydroxyl groups is 2. The minimum Gasteiger partial charge on any atom is -0.392 e. The summed E-state index contributed by atoms with van der Waals surface area (Å²) >= 11 is 0. The summed E-state index contributed by atoms with van der Waals surface area (Å²) < 4.78 is 0. The molecule has 0 fully saturated rings. The molecule has 0 radical (unpaired) electrons. The van der Waals surface area contributed by atoms with Crippen molar-refractivity contribution in [3.05, 3.63) is 34.4 Å². The Morgan fingerprint density at radius 3 is 2.53 bits per heavy atom. The number of aliphatic hydroxyl groups excluding tert-OH is 2. The van der Waals surface area contributed by atoms with Gasteiger partial charge in [0.25, 0.3) is 0 Å². The summed E-state index contributed by atoms with van der Waals surface area (Å²) in [6.07, 6.45) is 3.15. The molecule has 0 bridgehead atoms. The van der Waals surface area contributed by atoms with Crippen LogP contribution in [0.4, 0.5) is 0 Å². The molecule has 0 amide bonds. The molecule has 15 heavy (non-hydrogen) atoms. The monoisotopic (exact) mass is 207 g/mol. The van der Waals surface area contributed by atoms with E-state index in [0.717, 1.165) is 36.0 Å². The van der Waals surface area contributed by atoms with Gasteiger partial charge in [0.15, 0.2) is 0 Å². The van der Waals surface area contributed by atoms with E-state index in [0.29, 0.717) is 0 Å². The summed E-state index contributed by atoms with van der Waals surface area (Å²) in [6, 6.07) is 4.02. The molecule has 0 saturated heterocycles. The second-order valence-corrected chi connectivity index (χ2v) is 4.13. The van der Waals surface area contributed by atoms with E-state index < -0.39 is 0 Å². The molecular weight excluding hydrogens is 190 g/mol. The second kappa shape index (κ2) is 4.31. The van der Waals surface area contributed by atoms with Crippen molar-refractivity contribution in [1.29, 1.82) is 0 Å². The highest BCUT2D eigenvalue weighted by atomic mass is 16.3. The maximum Gasteiger partial charge on any atom is 0.0685 e. The van der Waals surface area contributed by atoms with Crippen LogP contribution in [0.3, 0.4) is 0 Å². The first-order chi connectivity index (χ1) is 7.26. The topological polar surface area (TPSA) is 66.5 Å². The largest absolute Gasteiger partial charge is 0.392 e. The Labute approximate surface area is 89.5 Å². The van der Waals surface area contributed by atoms with E-state index in [9.17, 15) is 10.2 Å². The molecule has 1 aliphatic carbocycles. The average Bonchev–Trinajstić information content (AvgIpc) is 2.28. The van der Waals surface area contributed by atoms with Crippen molar-refractivity contribution in [3.8, 4) is 0 Å². The van der Waals surface area contributed by atoms with Crippen LogP contribution in [0, 0.1) is 0 Å². The molecule has 82 valence electrons. The predicted molar refractivity (Wildman–Crippen MR) is 58.2 cm³/mol. The number of rotatable bonds is 2. The quantitative estimate of drug-likeness (QED) is 0.678. The van der Waals surface area contributed by atoms with E-state index in [1.54, 1.807) is 0 Å². The zero-order chi connectivity index (χ0) is 10.8. The summed E-state index contributed by atoms with van der Waals surface area (Å²) in [7, 11) is 0. The first kappa shape index (κ1) is 10.6. The summed E-state index contributed by atoms with van der Waals surface area (Å²) in [5, 5.41) is 18.4. The fraction of sp³-hybridized carbons (Fsp3) is 0.500. The molecule has 4 N–H and O–H groups in total. The molecule has 0 spiro atoms. The van der Waals surface area contributed by atoms with E-state index in [1.807, 2.05) is 12.1 Å². The molecule has 1 aliphatic rings. The van der Waals surface area contributed by atoms with E-state index >= 15 is 0 Å². The Morgan fingerprint density at radius 2 is 1.87 bits per heavy atom. The van der Waals surface area contributed by atoms with Crippen molar-refractivity contribution in [2.45, 2.75) is 38.5 Å². The Bertz CT molecular complexity index is 363. The molecule has 1 aromatic carbocycles. The third-order valence-corrected chi connectivity index (χ3v) is 3.16. The minimum absolute atomic E-state index is 0.0155. The molecule has 1 atom stereocenters. The van der Waals surface area contributed by atoms with Gasteiger partial charge in [-0.3, -0.25) is 0 Å². The van der Waals surface area contributed by atoms with Crippen LogP contribution in [0.25, 0.3) is 0 Å². The van der Waals surface area contributed by atoms with Crippen molar-refractivity contribution < 1.29 is 10.2 Å². The van der Waals surface area contributed by atoms with Crippen LogP contribution in [0.15, 0.2) is 12.1 Å². The lowest BCUT2D eigenvalue weighted by Crippen LogP contribution is -2.18. The highest BCUT2D eigenvalue weighted by Crippen LogP contribution is 2.30. The standard InChI is InChI=1S/C12H17NO2/c13-12-3-1-2-8-4-9(6-14)10(7-15)5-11(8)12/h4-5,12,14-15H,1-3,6-7,13H2. The van der Waals surface area contributed by atoms with Crippen molar-refractivity contribution in [3.63, 3.8) is 0 Å². The van der Waals surface area contributed by atoms with Crippen LogP contribution in [-0.4, -0.2) is 10.2 Å². The molecule has 0 heterocycles. The maximum atomic E-state index is 9.19. The van der Waals surface area contributed by atoms with Crippen molar-refractivity contribution >= 4 is 0 Å². The van der Waals surface area contributed by atoms with Crippen LogP contribution in [0.1, 0.15) is 41.1 Å². The van der Waals surface area contributed by atoms with E-state index in [4.69, 9.17) is 5.73 Å². The molecule has 0 aromatic heterocycles. The third kappa shape index (κ3) is 1.91. The maximum absolute atomic E-state index is 9.19. The normalized spacial score (nSPS) is 20.1. The van der Waals surface area contributed by atoms with Crippen LogP contribution >= 0.6 is 0 Å². The highest BCUT2D eigenvalue weighted by Gasteiger charge is 2.18. The Kier molecular flexibility index (Phi) is 3.05. The van der Waals surface area contributed by atoms with Crippen molar-refractivity contribution in [1.82, 2.24) is 0 Å². The summed E-state index contributed by atoms with van der Waals surface area (Å²) in [6.45, 7) is -0.0473. The van der Waals surface area contributed by atoms with Gasteiger partial charge in [0.05, 0.1) is 13.2 Å². The lowest BCUT2D eigenvalue weighted by atomic mass is 9.85.